The first-order chi connectivity index (χ1) is 7.40. The summed E-state index contributed by atoms with van der Waals surface area (Å²) in [7, 11) is 0. The van der Waals surface area contributed by atoms with Crippen molar-refractivity contribution in [3.8, 4) is 0 Å². The Balaban J connectivity index is 1.86. The summed E-state index contributed by atoms with van der Waals surface area (Å²) in [6, 6.07) is 0.479. The highest BCUT2D eigenvalue weighted by molar-refractivity contribution is 5.82. The van der Waals surface area contributed by atoms with Crippen LogP contribution >= 0.6 is 0 Å². The van der Waals surface area contributed by atoms with Crippen molar-refractivity contribution in [2.75, 3.05) is 13.2 Å². The van der Waals surface area contributed by atoms with Crippen LogP contribution in [0.1, 0.15) is 44.9 Å². The predicted molar refractivity (Wildman–Crippen MR) is 62.1 cm³/mol. The number of nitrogens with zero attached hydrogens (tertiary/aromatic N) is 1. The first kappa shape index (κ1) is 10.9. The Morgan fingerprint density at radius 3 is 3.00 bits per heavy atom. The van der Waals surface area contributed by atoms with Gasteiger partial charge < -0.3 is 10.4 Å². The minimum atomic E-state index is 0.324. The van der Waals surface area contributed by atoms with E-state index in [1.807, 2.05) is 0 Å². The van der Waals surface area contributed by atoms with E-state index in [2.05, 4.69) is 10.3 Å². The normalized spacial score (nSPS) is 32.2. The highest BCUT2D eigenvalue weighted by Gasteiger charge is 2.27. The molecule has 2 rings (SSSR count). The van der Waals surface area contributed by atoms with Crippen molar-refractivity contribution in [1.29, 1.82) is 0 Å². The Hall–Kier alpha value is -0.570. The Bertz CT molecular complexity index is 228. The summed E-state index contributed by atoms with van der Waals surface area (Å²) in [5.41, 5.74) is 0. The van der Waals surface area contributed by atoms with Crippen molar-refractivity contribution < 1.29 is 5.11 Å². The van der Waals surface area contributed by atoms with Crippen molar-refractivity contribution in [2.45, 2.75) is 51.0 Å². The molecular weight excluding hydrogens is 188 g/mol. The van der Waals surface area contributed by atoms with Gasteiger partial charge in [0.15, 0.2) is 0 Å². The van der Waals surface area contributed by atoms with Crippen molar-refractivity contribution in [2.24, 2.45) is 10.9 Å². The molecule has 3 nitrogen and oxygen atoms in total. The van der Waals surface area contributed by atoms with Crippen molar-refractivity contribution >= 4 is 5.84 Å². The number of aliphatic hydroxyl groups excluding tert-OH is 1. The van der Waals surface area contributed by atoms with Gasteiger partial charge in [0.1, 0.15) is 0 Å². The standard InChI is InChI=1S/C12H22N2O/c15-9-10-5-4-6-11(10)14-12-7-2-1-3-8-13-12/h10-11,15H,1-9H2,(H,13,14). The van der Waals surface area contributed by atoms with Crippen LogP contribution in [0.2, 0.25) is 0 Å². The van der Waals surface area contributed by atoms with E-state index in [-0.39, 0.29) is 0 Å². The molecule has 0 aromatic rings. The maximum atomic E-state index is 9.24. The third-order valence-electron chi connectivity index (χ3n) is 3.62. The summed E-state index contributed by atoms with van der Waals surface area (Å²) in [5, 5.41) is 12.8. The van der Waals surface area contributed by atoms with Crippen molar-refractivity contribution in [1.82, 2.24) is 5.32 Å². The first-order valence-corrected chi connectivity index (χ1v) is 6.31. The molecule has 0 amide bonds. The summed E-state index contributed by atoms with van der Waals surface area (Å²) in [5.74, 6) is 1.65. The SMILES string of the molecule is OCC1CCCC1NC1=NCCCCC1. The van der Waals surface area contributed by atoms with Crippen molar-refractivity contribution in [3.05, 3.63) is 0 Å². The molecule has 0 bridgehead atoms. The van der Waals surface area contributed by atoms with E-state index in [1.54, 1.807) is 0 Å². The third-order valence-corrected chi connectivity index (χ3v) is 3.62. The van der Waals surface area contributed by atoms with Gasteiger partial charge >= 0.3 is 0 Å². The van der Waals surface area contributed by atoms with E-state index in [0.29, 0.717) is 18.6 Å². The molecule has 2 unspecified atom stereocenters. The average molecular weight is 210 g/mol. The predicted octanol–water partition coefficient (Wildman–Crippen LogP) is 1.71. The molecule has 0 saturated heterocycles. The topological polar surface area (TPSA) is 44.6 Å². The van der Waals surface area contributed by atoms with E-state index in [4.69, 9.17) is 0 Å². The molecule has 0 spiro atoms. The van der Waals surface area contributed by atoms with Gasteiger partial charge in [-0.05, 0) is 25.7 Å². The van der Waals surface area contributed by atoms with Crippen LogP contribution in [0.3, 0.4) is 0 Å². The Labute approximate surface area is 92.0 Å². The molecule has 1 aliphatic heterocycles. The molecule has 1 saturated carbocycles. The van der Waals surface area contributed by atoms with Gasteiger partial charge in [-0.2, -0.15) is 0 Å². The lowest BCUT2D eigenvalue weighted by atomic mass is 10.0. The Morgan fingerprint density at radius 2 is 2.13 bits per heavy atom. The van der Waals surface area contributed by atoms with Crippen LogP contribution in [-0.4, -0.2) is 30.1 Å². The first-order valence-electron chi connectivity index (χ1n) is 6.31. The summed E-state index contributed by atoms with van der Waals surface area (Å²) in [4.78, 5) is 4.58. The Morgan fingerprint density at radius 1 is 1.20 bits per heavy atom. The molecule has 2 aliphatic rings. The lowest BCUT2D eigenvalue weighted by Crippen LogP contribution is -2.38. The van der Waals surface area contributed by atoms with E-state index >= 15 is 0 Å². The minimum Gasteiger partial charge on any atom is -0.396 e. The molecule has 86 valence electrons. The molecular formula is C12H22N2O. The van der Waals surface area contributed by atoms with Crippen LogP contribution in [0.15, 0.2) is 4.99 Å². The smallest absolute Gasteiger partial charge is 0.0965 e. The van der Waals surface area contributed by atoms with Gasteiger partial charge in [-0.3, -0.25) is 4.99 Å². The van der Waals surface area contributed by atoms with Gasteiger partial charge in [-0.15, -0.1) is 0 Å². The Kier molecular flexibility index (Phi) is 4.01. The van der Waals surface area contributed by atoms with Crippen LogP contribution in [0.25, 0.3) is 0 Å². The van der Waals surface area contributed by atoms with E-state index in [9.17, 15) is 5.11 Å². The van der Waals surface area contributed by atoms with Crippen LogP contribution < -0.4 is 5.32 Å². The number of aliphatic imine (C=N–C) groups is 1. The summed E-state index contributed by atoms with van der Waals surface area (Å²) >= 11 is 0. The summed E-state index contributed by atoms with van der Waals surface area (Å²) in [6.07, 6.45) is 8.53. The molecule has 0 aromatic carbocycles. The number of amidine groups is 1. The molecule has 0 radical (unpaired) electrons. The van der Waals surface area contributed by atoms with Gasteiger partial charge in [0, 0.05) is 31.5 Å². The number of aliphatic hydroxyl groups is 1. The number of hydrogen-bond donors (Lipinski definition) is 2. The van der Waals surface area contributed by atoms with E-state index in [1.165, 1.54) is 44.4 Å². The van der Waals surface area contributed by atoms with Gasteiger partial charge in [0.25, 0.3) is 0 Å². The fourth-order valence-corrected chi connectivity index (χ4v) is 2.65. The summed E-state index contributed by atoms with van der Waals surface area (Å²) in [6.45, 7) is 1.31. The fraction of sp³-hybridized carbons (Fsp3) is 0.917. The zero-order valence-corrected chi connectivity index (χ0v) is 9.41. The highest BCUT2D eigenvalue weighted by atomic mass is 16.3. The average Bonchev–Trinajstić information content (AvgIpc) is 2.53. The van der Waals surface area contributed by atoms with Crippen LogP contribution in [0.5, 0.6) is 0 Å². The lowest BCUT2D eigenvalue weighted by Gasteiger charge is -2.21. The largest absolute Gasteiger partial charge is 0.396 e. The van der Waals surface area contributed by atoms with Crippen LogP contribution in [0.4, 0.5) is 0 Å². The summed E-state index contributed by atoms with van der Waals surface area (Å²) < 4.78 is 0. The molecule has 1 fully saturated rings. The molecule has 1 heterocycles. The molecule has 2 N–H and O–H groups in total. The number of rotatable bonds is 2. The van der Waals surface area contributed by atoms with Crippen molar-refractivity contribution in [3.63, 3.8) is 0 Å². The molecule has 3 heteroatoms. The quantitative estimate of drug-likeness (QED) is 0.728. The number of hydrogen-bond acceptors (Lipinski definition) is 3. The van der Waals surface area contributed by atoms with Gasteiger partial charge in [-0.25, -0.2) is 0 Å². The number of nitrogens with one attached hydrogen (secondary N) is 1. The highest BCUT2D eigenvalue weighted by Crippen LogP contribution is 2.25. The van der Waals surface area contributed by atoms with Gasteiger partial charge in [0.05, 0.1) is 5.84 Å². The third kappa shape index (κ3) is 2.94. The second-order valence-electron chi connectivity index (χ2n) is 4.76. The van der Waals surface area contributed by atoms with Gasteiger partial charge in [0.2, 0.25) is 0 Å². The lowest BCUT2D eigenvalue weighted by molar-refractivity contribution is 0.212. The maximum Gasteiger partial charge on any atom is 0.0965 e. The van der Waals surface area contributed by atoms with Crippen LogP contribution in [-0.2, 0) is 0 Å². The minimum absolute atomic E-state index is 0.324. The second-order valence-corrected chi connectivity index (χ2v) is 4.76. The zero-order chi connectivity index (χ0) is 10.5. The maximum absolute atomic E-state index is 9.24. The molecule has 1 aliphatic carbocycles. The second kappa shape index (κ2) is 5.50. The molecule has 0 aromatic heterocycles. The van der Waals surface area contributed by atoms with E-state index in [0.717, 1.165) is 13.0 Å². The zero-order valence-electron chi connectivity index (χ0n) is 9.41. The van der Waals surface area contributed by atoms with E-state index < -0.39 is 0 Å². The fourth-order valence-electron chi connectivity index (χ4n) is 2.65. The monoisotopic (exact) mass is 210 g/mol. The van der Waals surface area contributed by atoms with Crippen LogP contribution in [0, 0.1) is 5.92 Å². The molecule has 15 heavy (non-hydrogen) atoms. The molecule has 2 atom stereocenters. The van der Waals surface area contributed by atoms with Gasteiger partial charge in [-0.1, -0.05) is 12.8 Å².